The Morgan fingerprint density at radius 2 is 1.87 bits per heavy atom. The summed E-state index contributed by atoms with van der Waals surface area (Å²) < 4.78 is 56.5. The van der Waals surface area contributed by atoms with Gasteiger partial charge in [-0.25, -0.2) is 32.5 Å². The zero-order chi connectivity index (χ0) is 27.4. The fourth-order valence-electron chi connectivity index (χ4n) is 3.83. The first-order valence-corrected chi connectivity index (χ1v) is 14.6. The second-order valence-electron chi connectivity index (χ2n) is 8.27. The molecule has 0 saturated heterocycles. The van der Waals surface area contributed by atoms with E-state index in [1.165, 1.54) is 48.0 Å². The van der Waals surface area contributed by atoms with E-state index in [-0.39, 0.29) is 48.9 Å². The van der Waals surface area contributed by atoms with E-state index < -0.39 is 31.6 Å². The SMILES string of the molecule is CC1=NS(=O)(=O)c2cc3c(=O)n(-c4ccc(NC(=O)NS(=O)(=O)c5ccc(C)s5)cn4)c(C)nc3cc2N1. The number of nitrogens with zero attached hydrogens (tertiary/aromatic N) is 4. The molecular formula is C22H19N7O6S3. The number of aromatic nitrogens is 3. The third-order valence-corrected chi connectivity index (χ3v) is 9.66. The Morgan fingerprint density at radius 3 is 2.53 bits per heavy atom. The van der Waals surface area contributed by atoms with Crippen molar-refractivity contribution in [2.75, 3.05) is 10.6 Å². The van der Waals surface area contributed by atoms with E-state index in [1.54, 1.807) is 19.9 Å². The van der Waals surface area contributed by atoms with E-state index in [0.29, 0.717) is 0 Å². The summed E-state index contributed by atoms with van der Waals surface area (Å²) in [5.74, 6) is 0.643. The number of rotatable bonds is 4. The quantitative estimate of drug-likeness (QED) is 0.330. The van der Waals surface area contributed by atoms with Crippen LogP contribution in [0.4, 0.5) is 16.2 Å². The molecule has 0 bridgehead atoms. The third kappa shape index (κ3) is 4.64. The fourth-order valence-corrected chi connectivity index (χ4v) is 7.18. The van der Waals surface area contributed by atoms with Crippen molar-refractivity contribution in [3.05, 3.63) is 63.7 Å². The smallest absolute Gasteiger partial charge is 0.333 e. The molecule has 0 aliphatic carbocycles. The van der Waals surface area contributed by atoms with Crippen LogP contribution in [-0.2, 0) is 20.0 Å². The van der Waals surface area contributed by atoms with Crippen molar-refractivity contribution in [2.45, 2.75) is 29.9 Å². The molecule has 38 heavy (non-hydrogen) atoms. The maximum atomic E-state index is 13.4. The molecule has 4 heterocycles. The zero-order valence-electron chi connectivity index (χ0n) is 20.0. The van der Waals surface area contributed by atoms with Crippen LogP contribution in [-0.4, -0.2) is 43.2 Å². The van der Waals surface area contributed by atoms with Gasteiger partial charge >= 0.3 is 6.03 Å². The Hall–Kier alpha value is -4.15. The van der Waals surface area contributed by atoms with Gasteiger partial charge in [-0.05, 0) is 57.2 Å². The molecule has 16 heteroatoms. The number of hydrogen-bond acceptors (Lipinski definition) is 10. The number of amidine groups is 1. The van der Waals surface area contributed by atoms with Crippen LogP contribution in [0.25, 0.3) is 16.7 Å². The summed E-state index contributed by atoms with van der Waals surface area (Å²) in [4.78, 5) is 34.9. The Morgan fingerprint density at radius 1 is 1.11 bits per heavy atom. The predicted molar refractivity (Wildman–Crippen MR) is 142 cm³/mol. The Labute approximate surface area is 220 Å². The van der Waals surface area contributed by atoms with Crippen LogP contribution in [0, 0.1) is 13.8 Å². The first-order valence-electron chi connectivity index (χ1n) is 10.9. The third-order valence-electron chi connectivity index (χ3n) is 5.43. The number of carbonyl (C=O) groups is 1. The number of carbonyl (C=O) groups excluding carboxylic acids is 1. The van der Waals surface area contributed by atoms with Crippen LogP contribution in [0.15, 0.2) is 60.9 Å². The molecule has 1 aromatic carbocycles. The molecule has 0 saturated carbocycles. The number of thiophene rings is 1. The Bertz CT molecular complexity index is 1940. The molecule has 3 N–H and O–H groups in total. The molecule has 3 aromatic heterocycles. The van der Waals surface area contributed by atoms with E-state index in [2.05, 4.69) is 25.0 Å². The highest BCUT2D eigenvalue weighted by atomic mass is 32.2. The fraction of sp³-hybridized carbons (Fsp3) is 0.136. The molecule has 0 spiro atoms. The molecule has 0 atom stereocenters. The van der Waals surface area contributed by atoms with E-state index in [1.807, 2.05) is 4.72 Å². The van der Waals surface area contributed by atoms with Gasteiger partial charge in [0, 0.05) is 4.88 Å². The summed E-state index contributed by atoms with van der Waals surface area (Å²) in [7, 11) is -8.02. The van der Waals surface area contributed by atoms with Crippen LogP contribution < -0.4 is 20.9 Å². The number of benzene rings is 1. The second-order valence-corrected chi connectivity index (χ2v) is 13.0. The van der Waals surface area contributed by atoms with Gasteiger partial charge in [-0.1, -0.05) is 0 Å². The van der Waals surface area contributed by atoms with Crippen molar-refractivity contribution < 1.29 is 21.6 Å². The second kappa shape index (κ2) is 9.00. The predicted octanol–water partition coefficient (Wildman–Crippen LogP) is 2.50. The normalized spacial score (nSPS) is 14.3. The van der Waals surface area contributed by atoms with E-state index >= 15 is 0 Å². The largest absolute Gasteiger partial charge is 0.342 e. The molecular weight excluding hydrogens is 554 g/mol. The topological polar surface area (TPSA) is 182 Å². The van der Waals surface area contributed by atoms with E-state index in [4.69, 9.17) is 0 Å². The average molecular weight is 574 g/mol. The summed E-state index contributed by atoms with van der Waals surface area (Å²) in [5.41, 5.74) is 0.178. The minimum Gasteiger partial charge on any atom is -0.342 e. The van der Waals surface area contributed by atoms with Gasteiger partial charge in [0.15, 0.2) is 0 Å². The van der Waals surface area contributed by atoms with Gasteiger partial charge in [-0.15, -0.1) is 15.7 Å². The van der Waals surface area contributed by atoms with Gasteiger partial charge in [0.05, 0.1) is 28.5 Å². The number of anilines is 2. The highest BCUT2D eigenvalue weighted by Gasteiger charge is 2.26. The van der Waals surface area contributed by atoms with Gasteiger partial charge in [0.2, 0.25) is 0 Å². The molecule has 1 aliphatic rings. The maximum absolute atomic E-state index is 13.4. The number of sulfonamides is 2. The van der Waals surface area contributed by atoms with Crippen molar-refractivity contribution in [3.8, 4) is 5.82 Å². The van der Waals surface area contributed by atoms with E-state index in [0.717, 1.165) is 16.2 Å². The van der Waals surface area contributed by atoms with Gasteiger partial charge in [0.25, 0.3) is 25.6 Å². The summed E-state index contributed by atoms with van der Waals surface area (Å²) in [6.45, 7) is 4.85. The zero-order valence-corrected chi connectivity index (χ0v) is 22.5. The van der Waals surface area contributed by atoms with Crippen LogP contribution in [0.2, 0.25) is 0 Å². The maximum Gasteiger partial charge on any atom is 0.333 e. The first kappa shape index (κ1) is 25.5. The Kier molecular flexibility index (Phi) is 6.04. The van der Waals surface area contributed by atoms with Crippen LogP contribution in [0.1, 0.15) is 17.6 Å². The van der Waals surface area contributed by atoms with Crippen LogP contribution in [0.3, 0.4) is 0 Å². The molecule has 196 valence electrons. The first-order chi connectivity index (χ1) is 17.8. The van der Waals surface area contributed by atoms with Crippen molar-refractivity contribution >= 4 is 65.5 Å². The monoisotopic (exact) mass is 573 g/mol. The molecule has 0 fully saturated rings. The number of amides is 2. The number of hydrogen-bond donors (Lipinski definition) is 3. The summed E-state index contributed by atoms with van der Waals surface area (Å²) in [6.07, 6.45) is 1.24. The molecule has 0 unspecified atom stereocenters. The van der Waals surface area contributed by atoms with Crippen molar-refractivity contribution in [2.24, 2.45) is 4.40 Å². The summed E-state index contributed by atoms with van der Waals surface area (Å²) >= 11 is 1.03. The standard InChI is InChI=1S/C22H19N7O6S3/c1-11-4-7-20(36-11)38(34,35)28-22(31)26-14-5-6-19(23-10-14)29-13(3)25-16-9-17-18(8-15(16)21(29)30)37(32,33)27-12(2)24-17/h4-10H,1-3H3,(H,24,27)(H2,26,28,31). The van der Waals surface area contributed by atoms with Crippen molar-refractivity contribution in [3.63, 3.8) is 0 Å². The van der Waals surface area contributed by atoms with Crippen molar-refractivity contribution in [1.29, 1.82) is 0 Å². The number of pyridine rings is 1. The van der Waals surface area contributed by atoms with Crippen LogP contribution >= 0.6 is 11.3 Å². The molecule has 4 aromatic rings. The minimum atomic E-state index is -4.03. The highest BCUT2D eigenvalue weighted by Crippen LogP contribution is 2.30. The Balaban J connectivity index is 1.43. The van der Waals surface area contributed by atoms with Gasteiger partial charge < -0.3 is 10.6 Å². The highest BCUT2D eigenvalue weighted by molar-refractivity contribution is 7.92. The lowest BCUT2D eigenvalue weighted by atomic mass is 10.2. The number of urea groups is 1. The minimum absolute atomic E-state index is 0.00376. The lowest BCUT2D eigenvalue weighted by Gasteiger charge is -2.17. The van der Waals surface area contributed by atoms with Gasteiger partial charge in [-0.2, -0.15) is 8.42 Å². The van der Waals surface area contributed by atoms with Crippen LogP contribution in [0.5, 0.6) is 0 Å². The summed E-state index contributed by atoms with van der Waals surface area (Å²) in [5, 5.41) is 5.30. The lowest BCUT2D eigenvalue weighted by Crippen LogP contribution is -2.34. The lowest BCUT2D eigenvalue weighted by molar-refractivity contribution is 0.256. The van der Waals surface area contributed by atoms with Gasteiger partial charge in [-0.3, -0.25) is 4.79 Å². The molecule has 2 amide bonds. The molecule has 0 radical (unpaired) electrons. The summed E-state index contributed by atoms with van der Waals surface area (Å²) in [6, 6.07) is 7.61. The van der Waals surface area contributed by atoms with Gasteiger partial charge in [0.1, 0.15) is 26.6 Å². The van der Waals surface area contributed by atoms with E-state index in [9.17, 15) is 26.4 Å². The molecule has 1 aliphatic heterocycles. The molecule has 5 rings (SSSR count). The molecule has 13 nitrogen and oxygen atoms in total. The number of fused-ring (bicyclic) bond motifs is 2. The number of nitrogens with one attached hydrogen (secondary N) is 3. The average Bonchev–Trinajstić information content (AvgIpc) is 3.26. The van der Waals surface area contributed by atoms with Crippen molar-refractivity contribution in [1.82, 2.24) is 19.3 Å². The number of aryl methyl sites for hydroxylation is 2.